The normalized spacial score (nSPS) is 18.0. The lowest BCUT2D eigenvalue weighted by Gasteiger charge is -2.29. The Morgan fingerprint density at radius 1 is 1.29 bits per heavy atom. The highest BCUT2D eigenvalue weighted by Gasteiger charge is 2.40. The highest BCUT2D eigenvalue weighted by molar-refractivity contribution is 6.04. The zero-order valence-corrected chi connectivity index (χ0v) is 11.4. The van der Waals surface area contributed by atoms with Crippen LogP contribution in [0.15, 0.2) is 0 Å². The molecule has 0 radical (unpaired) electrons. The SMILES string of the molecule is CCC(C)NC(=O)C(C)(C)C(=O)N1CCCC1. The summed E-state index contributed by atoms with van der Waals surface area (Å²) in [5.74, 6) is -0.209. The van der Waals surface area contributed by atoms with E-state index in [-0.39, 0.29) is 17.9 Å². The van der Waals surface area contributed by atoms with Crippen molar-refractivity contribution < 1.29 is 9.59 Å². The summed E-state index contributed by atoms with van der Waals surface area (Å²) in [5, 5.41) is 2.89. The Bertz CT molecular complexity index is 294. The molecule has 98 valence electrons. The molecule has 4 nitrogen and oxygen atoms in total. The minimum atomic E-state index is -0.951. The van der Waals surface area contributed by atoms with Crippen molar-refractivity contribution in [3.05, 3.63) is 0 Å². The lowest BCUT2D eigenvalue weighted by molar-refractivity contribution is -0.148. The summed E-state index contributed by atoms with van der Waals surface area (Å²) < 4.78 is 0. The first-order chi connectivity index (χ1) is 7.89. The van der Waals surface area contributed by atoms with Crippen molar-refractivity contribution in [2.75, 3.05) is 13.1 Å². The molecule has 0 bridgehead atoms. The van der Waals surface area contributed by atoms with Gasteiger partial charge >= 0.3 is 0 Å². The molecule has 1 rings (SSSR count). The molecule has 1 aliphatic heterocycles. The van der Waals surface area contributed by atoms with Gasteiger partial charge in [0.15, 0.2) is 0 Å². The van der Waals surface area contributed by atoms with E-state index in [2.05, 4.69) is 5.32 Å². The van der Waals surface area contributed by atoms with Gasteiger partial charge in [0.25, 0.3) is 0 Å². The van der Waals surface area contributed by atoms with Crippen molar-refractivity contribution >= 4 is 11.8 Å². The smallest absolute Gasteiger partial charge is 0.237 e. The summed E-state index contributed by atoms with van der Waals surface area (Å²) in [6.07, 6.45) is 2.98. The van der Waals surface area contributed by atoms with Gasteiger partial charge in [0.05, 0.1) is 0 Å². The monoisotopic (exact) mass is 240 g/mol. The van der Waals surface area contributed by atoms with Gasteiger partial charge in [-0.1, -0.05) is 6.92 Å². The van der Waals surface area contributed by atoms with Crippen LogP contribution in [0.25, 0.3) is 0 Å². The molecule has 1 atom stereocenters. The maximum atomic E-state index is 12.2. The third-order valence-corrected chi connectivity index (χ3v) is 3.49. The third-order valence-electron chi connectivity index (χ3n) is 3.49. The number of amides is 2. The first-order valence-corrected chi connectivity index (χ1v) is 6.50. The number of carbonyl (C=O) groups is 2. The van der Waals surface area contributed by atoms with E-state index in [0.29, 0.717) is 0 Å². The molecular weight excluding hydrogens is 216 g/mol. The maximum absolute atomic E-state index is 12.2. The molecule has 0 aromatic heterocycles. The predicted molar refractivity (Wildman–Crippen MR) is 67.5 cm³/mol. The Morgan fingerprint density at radius 3 is 2.29 bits per heavy atom. The molecule has 0 aromatic rings. The van der Waals surface area contributed by atoms with Gasteiger partial charge in [-0.2, -0.15) is 0 Å². The Labute approximate surface area is 104 Å². The average molecular weight is 240 g/mol. The quantitative estimate of drug-likeness (QED) is 0.758. The largest absolute Gasteiger partial charge is 0.353 e. The average Bonchev–Trinajstić information content (AvgIpc) is 2.80. The maximum Gasteiger partial charge on any atom is 0.237 e. The van der Waals surface area contributed by atoms with Crippen LogP contribution in [0.3, 0.4) is 0 Å². The number of likely N-dealkylation sites (tertiary alicyclic amines) is 1. The molecule has 4 heteroatoms. The fourth-order valence-electron chi connectivity index (χ4n) is 1.92. The molecule has 1 saturated heterocycles. The van der Waals surface area contributed by atoms with Crippen LogP contribution >= 0.6 is 0 Å². The van der Waals surface area contributed by atoms with Gasteiger partial charge in [-0.25, -0.2) is 0 Å². The second-order valence-corrected chi connectivity index (χ2v) is 5.41. The van der Waals surface area contributed by atoms with Gasteiger partial charge in [0.1, 0.15) is 5.41 Å². The number of nitrogens with one attached hydrogen (secondary N) is 1. The van der Waals surface area contributed by atoms with E-state index >= 15 is 0 Å². The number of hydrogen-bond donors (Lipinski definition) is 1. The van der Waals surface area contributed by atoms with Crippen LogP contribution in [0.5, 0.6) is 0 Å². The minimum Gasteiger partial charge on any atom is -0.353 e. The van der Waals surface area contributed by atoms with Crippen molar-refractivity contribution in [3.8, 4) is 0 Å². The van der Waals surface area contributed by atoms with Crippen LogP contribution in [0.2, 0.25) is 0 Å². The van der Waals surface area contributed by atoms with Crippen LogP contribution in [-0.4, -0.2) is 35.8 Å². The highest BCUT2D eigenvalue weighted by atomic mass is 16.2. The molecule has 0 aliphatic carbocycles. The third kappa shape index (κ3) is 3.20. The Hall–Kier alpha value is -1.06. The van der Waals surface area contributed by atoms with Crippen LogP contribution in [0.4, 0.5) is 0 Å². The van der Waals surface area contributed by atoms with Gasteiger partial charge in [0, 0.05) is 19.1 Å². The molecule has 1 heterocycles. The van der Waals surface area contributed by atoms with E-state index in [9.17, 15) is 9.59 Å². The Kier molecular flexibility index (Phi) is 4.54. The topological polar surface area (TPSA) is 49.4 Å². The van der Waals surface area contributed by atoms with Crippen molar-refractivity contribution in [1.82, 2.24) is 10.2 Å². The second kappa shape index (κ2) is 5.52. The van der Waals surface area contributed by atoms with Gasteiger partial charge in [-0.15, -0.1) is 0 Å². The van der Waals surface area contributed by atoms with Gasteiger partial charge < -0.3 is 10.2 Å². The molecule has 1 aliphatic rings. The van der Waals surface area contributed by atoms with E-state index in [4.69, 9.17) is 0 Å². The number of hydrogen-bond acceptors (Lipinski definition) is 2. The molecule has 1 fully saturated rings. The van der Waals surface area contributed by atoms with Crippen molar-refractivity contribution in [2.45, 2.75) is 53.0 Å². The summed E-state index contributed by atoms with van der Waals surface area (Å²) in [6.45, 7) is 8.98. The summed E-state index contributed by atoms with van der Waals surface area (Å²) >= 11 is 0. The Balaban J connectivity index is 2.65. The first kappa shape index (κ1) is 14.0. The zero-order valence-electron chi connectivity index (χ0n) is 11.4. The van der Waals surface area contributed by atoms with Crippen LogP contribution in [-0.2, 0) is 9.59 Å². The number of rotatable bonds is 4. The molecule has 1 unspecified atom stereocenters. The summed E-state index contributed by atoms with van der Waals surface area (Å²) in [5.41, 5.74) is -0.951. The van der Waals surface area contributed by atoms with Crippen molar-refractivity contribution in [3.63, 3.8) is 0 Å². The van der Waals surface area contributed by atoms with E-state index in [1.807, 2.05) is 13.8 Å². The molecule has 0 saturated carbocycles. The molecular formula is C13H24N2O2. The summed E-state index contributed by atoms with van der Waals surface area (Å²) in [4.78, 5) is 26.1. The lowest BCUT2D eigenvalue weighted by atomic mass is 9.90. The fourth-order valence-corrected chi connectivity index (χ4v) is 1.92. The summed E-state index contributed by atoms with van der Waals surface area (Å²) in [6, 6.07) is 0.119. The van der Waals surface area contributed by atoms with Crippen LogP contribution in [0, 0.1) is 5.41 Å². The molecule has 0 spiro atoms. The van der Waals surface area contributed by atoms with Gasteiger partial charge in [-0.05, 0) is 40.0 Å². The standard InChI is InChI=1S/C13H24N2O2/c1-5-10(2)14-11(16)13(3,4)12(17)15-8-6-7-9-15/h10H,5-9H2,1-4H3,(H,14,16). The van der Waals surface area contributed by atoms with Gasteiger partial charge in [-0.3, -0.25) is 9.59 Å². The van der Waals surface area contributed by atoms with E-state index in [1.165, 1.54) is 0 Å². The molecule has 1 N–H and O–H groups in total. The second-order valence-electron chi connectivity index (χ2n) is 5.41. The number of carbonyl (C=O) groups excluding carboxylic acids is 2. The lowest BCUT2D eigenvalue weighted by Crippen LogP contribution is -2.50. The van der Waals surface area contributed by atoms with Gasteiger partial charge in [0.2, 0.25) is 11.8 Å². The van der Waals surface area contributed by atoms with Crippen LogP contribution in [0.1, 0.15) is 47.0 Å². The summed E-state index contributed by atoms with van der Waals surface area (Å²) in [7, 11) is 0. The van der Waals surface area contributed by atoms with Crippen LogP contribution < -0.4 is 5.32 Å². The highest BCUT2D eigenvalue weighted by Crippen LogP contribution is 2.22. The zero-order chi connectivity index (χ0) is 13.1. The first-order valence-electron chi connectivity index (χ1n) is 6.50. The van der Waals surface area contributed by atoms with E-state index < -0.39 is 5.41 Å². The molecule has 0 aromatic carbocycles. The van der Waals surface area contributed by atoms with E-state index in [1.54, 1.807) is 18.7 Å². The van der Waals surface area contributed by atoms with E-state index in [0.717, 1.165) is 32.4 Å². The van der Waals surface area contributed by atoms with Crippen molar-refractivity contribution in [2.24, 2.45) is 5.41 Å². The Morgan fingerprint density at radius 2 is 1.82 bits per heavy atom. The van der Waals surface area contributed by atoms with Crippen molar-refractivity contribution in [1.29, 1.82) is 0 Å². The predicted octanol–water partition coefficient (Wildman–Crippen LogP) is 1.55. The minimum absolute atomic E-state index is 0.0456. The molecule has 2 amide bonds. The fraction of sp³-hybridized carbons (Fsp3) is 0.846. The number of nitrogens with zero attached hydrogens (tertiary/aromatic N) is 1. The molecule has 17 heavy (non-hydrogen) atoms.